The Kier molecular flexibility index (Phi) is 11.6. The van der Waals surface area contributed by atoms with Gasteiger partial charge < -0.3 is 0 Å². The van der Waals surface area contributed by atoms with Crippen LogP contribution in [0.2, 0.25) is 6.32 Å². The van der Waals surface area contributed by atoms with Gasteiger partial charge in [0.1, 0.15) is 0 Å². The van der Waals surface area contributed by atoms with Crippen LogP contribution >= 0.6 is 0 Å². The molecule has 20 heavy (non-hydrogen) atoms. The fourth-order valence-corrected chi connectivity index (χ4v) is 3.81. The molecule has 0 aromatic rings. The summed E-state index contributed by atoms with van der Waals surface area (Å²) in [5.41, 5.74) is 0. The van der Waals surface area contributed by atoms with Crippen LogP contribution in [-0.2, 0) is 0 Å². The predicted octanol–water partition coefficient (Wildman–Crippen LogP) is 6.69. The lowest BCUT2D eigenvalue weighted by Crippen LogP contribution is -2.03. The van der Waals surface area contributed by atoms with E-state index in [0.29, 0.717) is 0 Å². The van der Waals surface area contributed by atoms with E-state index in [1.807, 2.05) is 0 Å². The Bertz CT molecular complexity index is 202. The molecule has 0 aromatic carbocycles. The second kappa shape index (κ2) is 12.8. The molecule has 0 spiro atoms. The van der Waals surface area contributed by atoms with Crippen molar-refractivity contribution in [3.63, 3.8) is 0 Å². The fraction of sp³-hybridized carbons (Fsp3) is 1.00. The van der Waals surface area contributed by atoms with Gasteiger partial charge in [-0.25, -0.2) is 0 Å². The Hall–Kier alpha value is 0.0649. The molecular formula is C19H37B. The summed E-state index contributed by atoms with van der Waals surface area (Å²) in [5, 5.41) is 0. The van der Waals surface area contributed by atoms with Crippen molar-refractivity contribution in [2.75, 3.05) is 0 Å². The smallest absolute Gasteiger partial charge is 0.0653 e. The lowest BCUT2D eigenvalue weighted by atomic mass is 9.90. The zero-order chi connectivity index (χ0) is 14.5. The van der Waals surface area contributed by atoms with E-state index in [1.165, 1.54) is 96.3 Å². The first kappa shape index (κ1) is 18.1. The highest BCUT2D eigenvalue weighted by atomic mass is 14.2. The van der Waals surface area contributed by atoms with Gasteiger partial charge in [-0.05, 0) is 18.3 Å². The molecule has 0 nitrogen and oxygen atoms in total. The standard InChI is InChI=1S/C19H37B/c1-18-13-10-11-15-19(17-18)14-9-7-5-3-2-4-6-8-12-16-20/h18-19H,2-17H2,1H3. The first-order valence-corrected chi connectivity index (χ1v) is 9.53. The van der Waals surface area contributed by atoms with E-state index < -0.39 is 0 Å². The van der Waals surface area contributed by atoms with Crippen LogP contribution in [0.3, 0.4) is 0 Å². The lowest BCUT2D eigenvalue weighted by Gasteiger charge is -2.16. The third-order valence-electron chi connectivity index (χ3n) is 5.11. The van der Waals surface area contributed by atoms with Crippen molar-refractivity contribution < 1.29 is 0 Å². The van der Waals surface area contributed by atoms with E-state index >= 15 is 0 Å². The molecule has 0 amide bonds. The average Bonchev–Trinajstić information content (AvgIpc) is 2.65. The van der Waals surface area contributed by atoms with Crippen molar-refractivity contribution in [1.29, 1.82) is 0 Å². The lowest BCUT2D eigenvalue weighted by molar-refractivity contribution is 0.360. The van der Waals surface area contributed by atoms with Crippen LogP contribution < -0.4 is 0 Å². The maximum atomic E-state index is 5.50. The van der Waals surface area contributed by atoms with Gasteiger partial charge in [-0.15, -0.1) is 0 Å². The third-order valence-corrected chi connectivity index (χ3v) is 5.11. The first-order chi connectivity index (χ1) is 9.83. The Morgan fingerprint density at radius 2 is 1.30 bits per heavy atom. The molecule has 0 bridgehead atoms. The van der Waals surface area contributed by atoms with Gasteiger partial charge in [0.05, 0.1) is 7.85 Å². The van der Waals surface area contributed by atoms with Gasteiger partial charge in [-0.1, -0.05) is 103 Å². The van der Waals surface area contributed by atoms with Gasteiger partial charge in [0.2, 0.25) is 0 Å². The Balaban J connectivity index is 1.84. The van der Waals surface area contributed by atoms with E-state index in [2.05, 4.69) is 6.92 Å². The minimum absolute atomic E-state index is 0.875. The zero-order valence-corrected chi connectivity index (χ0v) is 14.0. The quantitative estimate of drug-likeness (QED) is 0.224. The van der Waals surface area contributed by atoms with E-state index in [-0.39, 0.29) is 0 Å². The summed E-state index contributed by atoms with van der Waals surface area (Å²) >= 11 is 0. The second-order valence-electron chi connectivity index (χ2n) is 7.25. The summed E-state index contributed by atoms with van der Waals surface area (Å²) in [4.78, 5) is 0. The monoisotopic (exact) mass is 276 g/mol. The molecule has 1 aliphatic rings. The highest BCUT2D eigenvalue weighted by Crippen LogP contribution is 2.30. The van der Waals surface area contributed by atoms with Crippen molar-refractivity contribution >= 4 is 7.85 Å². The predicted molar refractivity (Wildman–Crippen MR) is 92.5 cm³/mol. The van der Waals surface area contributed by atoms with E-state index in [1.54, 1.807) is 0 Å². The summed E-state index contributed by atoms with van der Waals surface area (Å²) in [6.07, 6.45) is 22.6. The number of hydrogen-bond acceptors (Lipinski definition) is 0. The van der Waals surface area contributed by atoms with Crippen LogP contribution in [-0.4, -0.2) is 7.85 Å². The van der Waals surface area contributed by atoms with Gasteiger partial charge in [0, 0.05) is 0 Å². The Labute approximate surface area is 129 Å². The van der Waals surface area contributed by atoms with E-state index in [0.717, 1.165) is 18.2 Å². The van der Waals surface area contributed by atoms with Gasteiger partial charge in [-0.3, -0.25) is 0 Å². The molecule has 0 aromatic heterocycles. The van der Waals surface area contributed by atoms with Crippen LogP contribution in [0.15, 0.2) is 0 Å². The van der Waals surface area contributed by atoms with Gasteiger partial charge in [0.25, 0.3) is 0 Å². The van der Waals surface area contributed by atoms with Crippen LogP contribution in [0.5, 0.6) is 0 Å². The first-order valence-electron chi connectivity index (χ1n) is 9.53. The molecule has 2 atom stereocenters. The minimum Gasteiger partial charge on any atom is -0.0887 e. The molecule has 0 heterocycles. The van der Waals surface area contributed by atoms with Crippen LogP contribution in [0, 0.1) is 11.8 Å². The molecule has 2 unspecified atom stereocenters. The molecule has 1 rings (SSSR count). The summed E-state index contributed by atoms with van der Waals surface area (Å²) in [5.74, 6) is 2.06. The Morgan fingerprint density at radius 1 is 0.750 bits per heavy atom. The summed E-state index contributed by atoms with van der Waals surface area (Å²) < 4.78 is 0. The van der Waals surface area contributed by atoms with Crippen LogP contribution in [0.4, 0.5) is 0 Å². The molecule has 0 aliphatic heterocycles. The maximum Gasteiger partial charge on any atom is 0.0653 e. The van der Waals surface area contributed by atoms with Crippen molar-refractivity contribution in [2.24, 2.45) is 11.8 Å². The highest BCUT2D eigenvalue weighted by Gasteiger charge is 2.16. The summed E-state index contributed by atoms with van der Waals surface area (Å²) in [6.45, 7) is 2.46. The summed E-state index contributed by atoms with van der Waals surface area (Å²) in [6, 6.07) is 0. The number of rotatable bonds is 11. The second-order valence-corrected chi connectivity index (χ2v) is 7.25. The molecule has 0 saturated heterocycles. The van der Waals surface area contributed by atoms with Crippen LogP contribution in [0.25, 0.3) is 0 Å². The van der Waals surface area contributed by atoms with Gasteiger partial charge in [-0.2, -0.15) is 0 Å². The van der Waals surface area contributed by atoms with Crippen LogP contribution in [0.1, 0.15) is 103 Å². The zero-order valence-electron chi connectivity index (χ0n) is 14.0. The fourth-order valence-electron chi connectivity index (χ4n) is 3.81. The van der Waals surface area contributed by atoms with Crippen molar-refractivity contribution in [2.45, 2.75) is 110 Å². The van der Waals surface area contributed by atoms with Gasteiger partial charge in [0.15, 0.2) is 0 Å². The highest BCUT2D eigenvalue weighted by molar-refractivity contribution is 6.08. The molecule has 1 heteroatoms. The van der Waals surface area contributed by atoms with Gasteiger partial charge >= 0.3 is 0 Å². The molecule has 0 N–H and O–H groups in total. The average molecular weight is 276 g/mol. The molecule has 1 saturated carbocycles. The summed E-state index contributed by atoms with van der Waals surface area (Å²) in [7, 11) is 5.50. The molecule has 1 fully saturated rings. The number of hydrogen-bond donors (Lipinski definition) is 0. The third kappa shape index (κ3) is 9.89. The Morgan fingerprint density at radius 3 is 1.95 bits per heavy atom. The molecular weight excluding hydrogens is 239 g/mol. The van der Waals surface area contributed by atoms with Crippen molar-refractivity contribution in [1.82, 2.24) is 0 Å². The van der Waals surface area contributed by atoms with Crippen molar-refractivity contribution in [3.8, 4) is 0 Å². The molecule has 116 valence electrons. The minimum atomic E-state index is 0.875. The van der Waals surface area contributed by atoms with E-state index in [9.17, 15) is 0 Å². The van der Waals surface area contributed by atoms with E-state index in [4.69, 9.17) is 7.85 Å². The normalized spacial score (nSPS) is 23.6. The largest absolute Gasteiger partial charge is 0.0887 e. The van der Waals surface area contributed by atoms with Crippen molar-refractivity contribution in [3.05, 3.63) is 0 Å². The molecule has 2 radical (unpaired) electrons. The number of unbranched alkanes of at least 4 members (excludes halogenated alkanes) is 8. The molecule has 1 aliphatic carbocycles. The maximum absolute atomic E-state index is 5.50. The SMILES string of the molecule is [B]CCCCCCCCCCCC1CCCCC(C)C1. The topological polar surface area (TPSA) is 0 Å².